The number of nitrogens with zero attached hydrogens (tertiary/aromatic N) is 2. The summed E-state index contributed by atoms with van der Waals surface area (Å²) in [6.45, 7) is 5.35. The van der Waals surface area contributed by atoms with Crippen LogP contribution < -0.4 is 15.4 Å². The Morgan fingerprint density at radius 2 is 1.69 bits per heavy atom. The molecule has 2 aromatic carbocycles. The van der Waals surface area contributed by atoms with Crippen molar-refractivity contribution in [3.8, 4) is 5.75 Å². The molecule has 0 aliphatic heterocycles. The molecule has 0 radical (unpaired) electrons. The summed E-state index contributed by atoms with van der Waals surface area (Å²) in [6.07, 6.45) is 2.86. The Hall–Kier alpha value is -3.74. The van der Waals surface area contributed by atoms with E-state index in [2.05, 4.69) is 20.6 Å². The first-order valence-corrected chi connectivity index (χ1v) is 9.19. The van der Waals surface area contributed by atoms with Crippen LogP contribution in [0.2, 0.25) is 0 Å². The predicted octanol–water partition coefficient (Wildman–Crippen LogP) is 4.46. The number of Topliss-reactive ketones (excluding diaryl/α,β-unsaturated/α-hetero) is 1. The fraction of sp³-hybridized carbons (Fsp3) is 0.182. The molecule has 0 atom stereocenters. The number of aromatic nitrogens is 2. The molecule has 0 saturated carbocycles. The van der Waals surface area contributed by atoms with E-state index < -0.39 is 0 Å². The van der Waals surface area contributed by atoms with Crippen LogP contribution in [-0.4, -0.2) is 27.8 Å². The number of carbonyl (C=O) groups excluding carboxylic acids is 2. The summed E-state index contributed by atoms with van der Waals surface area (Å²) in [6, 6.07) is 14.3. The second-order valence-corrected chi connectivity index (χ2v) is 6.67. The summed E-state index contributed by atoms with van der Waals surface area (Å²) in [5.74, 6) is 0.560. The molecule has 148 valence electrons. The van der Waals surface area contributed by atoms with E-state index in [1.54, 1.807) is 30.3 Å². The molecular formula is C22H22N4O3. The van der Waals surface area contributed by atoms with Crippen LogP contribution in [0.4, 0.5) is 17.3 Å². The van der Waals surface area contributed by atoms with Gasteiger partial charge >= 0.3 is 0 Å². The van der Waals surface area contributed by atoms with Gasteiger partial charge in [-0.15, -0.1) is 0 Å². The van der Waals surface area contributed by atoms with Gasteiger partial charge in [0.2, 0.25) is 5.95 Å². The monoisotopic (exact) mass is 390 g/mol. The van der Waals surface area contributed by atoms with Gasteiger partial charge in [-0.25, -0.2) is 9.97 Å². The number of nitrogens with one attached hydrogen (secondary N) is 2. The Morgan fingerprint density at radius 1 is 0.966 bits per heavy atom. The van der Waals surface area contributed by atoms with Gasteiger partial charge in [-0.05, 0) is 45.0 Å². The molecule has 3 rings (SSSR count). The number of ketones is 1. The topological polar surface area (TPSA) is 93.2 Å². The third-order valence-electron chi connectivity index (χ3n) is 3.94. The van der Waals surface area contributed by atoms with Crippen molar-refractivity contribution >= 4 is 29.0 Å². The van der Waals surface area contributed by atoms with Crippen LogP contribution in [0.15, 0.2) is 60.9 Å². The molecule has 2 N–H and O–H groups in total. The molecule has 0 aliphatic rings. The van der Waals surface area contributed by atoms with E-state index in [9.17, 15) is 9.59 Å². The summed E-state index contributed by atoms with van der Waals surface area (Å²) < 4.78 is 5.71. The lowest BCUT2D eigenvalue weighted by Gasteiger charge is -2.14. The first kappa shape index (κ1) is 20.0. The minimum Gasteiger partial charge on any atom is -0.489 e. The summed E-state index contributed by atoms with van der Waals surface area (Å²) in [5.41, 5.74) is 2.17. The Morgan fingerprint density at radius 3 is 2.38 bits per heavy atom. The van der Waals surface area contributed by atoms with Crippen molar-refractivity contribution in [2.75, 3.05) is 10.6 Å². The van der Waals surface area contributed by atoms with Crippen molar-refractivity contribution in [3.05, 3.63) is 72.1 Å². The number of carbonyl (C=O) groups is 2. The number of rotatable bonds is 7. The van der Waals surface area contributed by atoms with Crippen molar-refractivity contribution in [3.63, 3.8) is 0 Å². The number of anilines is 3. The molecule has 0 spiro atoms. The number of amides is 1. The van der Waals surface area contributed by atoms with Crippen molar-refractivity contribution in [2.45, 2.75) is 26.9 Å². The highest BCUT2D eigenvalue weighted by atomic mass is 16.5. The number of para-hydroxylation sites is 2. The van der Waals surface area contributed by atoms with Gasteiger partial charge in [0.15, 0.2) is 5.78 Å². The van der Waals surface area contributed by atoms with E-state index in [1.165, 1.54) is 19.3 Å². The third kappa shape index (κ3) is 5.38. The minimum atomic E-state index is -0.338. The summed E-state index contributed by atoms with van der Waals surface area (Å²) in [5, 5.41) is 5.84. The molecule has 7 heteroatoms. The minimum absolute atomic E-state index is 0.0109. The van der Waals surface area contributed by atoms with E-state index >= 15 is 0 Å². The average molecular weight is 390 g/mol. The molecule has 0 unspecified atom stereocenters. The zero-order valence-electron chi connectivity index (χ0n) is 16.5. The molecule has 0 saturated heterocycles. The van der Waals surface area contributed by atoms with E-state index in [0.717, 1.165) is 0 Å². The van der Waals surface area contributed by atoms with Crippen LogP contribution in [0.5, 0.6) is 5.75 Å². The molecule has 0 bridgehead atoms. The quantitative estimate of drug-likeness (QED) is 0.579. The van der Waals surface area contributed by atoms with Crippen LogP contribution in [0.3, 0.4) is 0 Å². The Labute approximate surface area is 169 Å². The van der Waals surface area contributed by atoms with Crippen LogP contribution >= 0.6 is 0 Å². The largest absolute Gasteiger partial charge is 0.489 e. The van der Waals surface area contributed by atoms with E-state index in [4.69, 9.17) is 4.74 Å². The van der Waals surface area contributed by atoms with Crippen molar-refractivity contribution in [1.82, 2.24) is 9.97 Å². The fourth-order valence-electron chi connectivity index (χ4n) is 2.58. The molecule has 3 aromatic rings. The lowest BCUT2D eigenvalue weighted by atomic mass is 10.1. The summed E-state index contributed by atoms with van der Waals surface area (Å²) in [7, 11) is 0. The van der Waals surface area contributed by atoms with Gasteiger partial charge in [-0.2, -0.15) is 0 Å². The van der Waals surface area contributed by atoms with E-state index in [1.807, 2.05) is 32.0 Å². The number of ether oxygens (including phenoxy) is 1. The lowest BCUT2D eigenvalue weighted by Crippen LogP contribution is -2.15. The summed E-state index contributed by atoms with van der Waals surface area (Å²) in [4.78, 5) is 32.4. The smallest absolute Gasteiger partial charge is 0.258 e. The highest BCUT2D eigenvalue weighted by Gasteiger charge is 2.12. The second-order valence-electron chi connectivity index (χ2n) is 6.67. The maximum Gasteiger partial charge on any atom is 0.258 e. The maximum atomic E-state index is 12.5. The van der Waals surface area contributed by atoms with Gasteiger partial charge in [-0.3, -0.25) is 9.59 Å². The number of hydrogen-bond acceptors (Lipinski definition) is 6. The molecule has 1 heterocycles. The Balaban J connectivity index is 1.70. The molecule has 7 nitrogen and oxygen atoms in total. The van der Waals surface area contributed by atoms with Gasteiger partial charge in [0.05, 0.1) is 17.4 Å². The van der Waals surface area contributed by atoms with Gasteiger partial charge in [0.1, 0.15) is 5.75 Å². The Kier molecular flexibility index (Phi) is 6.19. The van der Waals surface area contributed by atoms with Crippen LogP contribution in [-0.2, 0) is 0 Å². The molecular weight excluding hydrogens is 368 g/mol. The second kappa shape index (κ2) is 8.97. The van der Waals surface area contributed by atoms with Crippen molar-refractivity contribution in [1.29, 1.82) is 0 Å². The molecule has 0 aliphatic carbocycles. The first-order valence-electron chi connectivity index (χ1n) is 9.19. The highest BCUT2D eigenvalue weighted by Crippen LogP contribution is 2.25. The first-order chi connectivity index (χ1) is 13.9. The SMILES string of the molecule is CC(=O)c1cccc(Nc2ncc(C(=O)Nc3ccccc3OC(C)C)cn2)c1. The number of benzene rings is 2. The van der Waals surface area contributed by atoms with Gasteiger partial charge < -0.3 is 15.4 Å². The fourth-order valence-corrected chi connectivity index (χ4v) is 2.58. The van der Waals surface area contributed by atoms with Crippen molar-refractivity contribution in [2.24, 2.45) is 0 Å². The van der Waals surface area contributed by atoms with E-state index in [0.29, 0.717) is 34.2 Å². The van der Waals surface area contributed by atoms with Crippen LogP contribution in [0.25, 0.3) is 0 Å². The molecule has 1 aromatic heterocycles. The van der Waals surface area contributed by atoms with Gasteiger partial charge in [0, 0.05) is 23.6 Å². The zero-order valence-corrected chi connectivity index (χ0v) is 16.5. The number of hydrogen-bond donors (Lipinski definition) is 2. The molecule has 1 amide bonds. The molecule has 0 fully saturated rings. The normalized spacial score (nSPS) is 10.5. The van der Waals surface area contributed by atoms with Crippen LogP contribution in [0.1, 0.15) is 41.5 Å². The molecule has 29 heavy (non-hydrogen) atoms. The van der Waals surface area contributed by atoms with Gasteiger partial charge in [-0.1, -0.05) is 24.3 Å². The third-order valence-corrected chi connectivity index (χ3v) is 3.94. The standard InChI is InChI=1S/C22H22N4O3/c1-14(2)29-20-10-5-4-9-19(20)26-21(28)17-12-23-22(24-13-17)25-18-8-6-7-16(11-18)15(3)27/h4-14H,1-3H3,(H,26,28)(H,23,24,25). The van der Waals surface area contributed by atoms with Crippen LogP contribution in [0, 0.1) is 0 Å². The summed E-state index contributed by atoms with van der Waals surface area (Å²) >= 11 is 0. The predicted molar refractivity (Wildman–Crippen MR) is 112 cm³/mol. The highest BCUT2D eigenvalue weighted by molar-refractivity contribution is 6.04. The zero-order chi connectivity index (χ0) is 20.8. The van der Waals surface area contributed by atoms with Gasteiger partial charge in [0.25, 0.3) is 5.91 Å². The Bertz CT molecular complexity index is 1020. The van der Waals surface area contributed by atoms with Crippen molar-refractivity contribution < 1.29 is 14.3 Å². The van der Waals surface area contributed by atoms with E-state index in [-0.39, 0.29) is 17.8 Å². The maximum absolute atomic E-state index is 12.5. The average Bonchev–Trinajstić information content (AvgIpc) is 2.70. The lowest BCUT2D eigenvalue weighted by molar-refractivity contribution is 0.101.